The molecule has 0 radical (unpaired) electrons. The van der Waals surface area contributed by atoms with Gasteiger partial charge in [0.05, 0.1) is 5.92 Å². The predicted molar refractivity (Wildman–Crippen MR) is 87.7 cm³/mol. The van der Waals surface area contributed by atoms with Gasteiger partial charge < -0.3 is 15.8 Å². The summed E-state index contributed by atoms with van der Waals surface area (Å²) in [6.07, 6.45) is 0.286. The highest BCUT2D eigenvalue weighted by molar-refractivity contribution is 5.80. The number of nitrogens with one attached hydrogen (secondary N) is 1. The third-order valence-corrected chi connectivity index (χ3v) is 3.53. The number of hydrogen-bond acceptors (Lipinski definition) is 3. The number of ether oxygens (including phenoxy) is 1. The summed E-state index contributed by atoms with van der Waals surface area (Å²) in [5.41, 5.74) is 6.09. The summed E-state index contributed by atoms with van der Waals surface area (Å²) in [6, 6.07) is 11.0. The van der Waals surface area contributed by atoms with Gasteiger partial charge in [-0.25, -0.2) is 8.78 Å². The van der Waals surface area contributed by atoms with E-state index in [4.69, 9.17) is 10.5 Å². The molecule has 0 aliphatic carbocycles. The van der Waals surface area contributed by atoms with Crippen LogP contribution in [0.15, 0.2) is 48.5 Å². The van der Waals surface area contributed by atoms with Crippen LogP contribution in [0.3, 0.4) is 0 Å². The first-order chi connectivity index (χ1) is 11.9. The van der Waals surface area contributed by atoms with Crippen LogP contribution in [0.4, 0.5) is 8.78 Å². The van der Waals surface area contributed by atoms with Crippen molar-refractivity contribution in [3.63, 3.8) is 0 Å². The fourth-order valence-electron chi connectivity index (χ4n) is 2.15. The maximum Gasteiger partial charge on any atom is 0.257 e. The molecular weight excluding hydrogens is 330 g/mol. The van der Waals surface area contributed by atoms with Crippen LogP contribution in [0, 0.1) is 17.6 Å². The highest BCUT2D eigenvalue weighted by atomic mass is 19.1. The van der Waals surface area contributed by atoms with Crippen molar-refractivity contribution in [2.45, 2.75) is 6.42 Å². The zero-order valence-electron chi connectivity index (χ0n) is 13.4. The van der Waals surface area contributed by atoms with Crippen molar-refractivity contribution in [1.29, 1.82) is 0 Å². The fourth-order valence-corrected chi connectivity index (χ4v) is 2.15. The molecule has 2 aromatic rings. The quantitative estimate of drug-likeness (QED) is 0.763. The van der Waals surface area contributed by atoms with E-state index >= 15 is 0 Å². The minimum absolute atomic E-state index is 0.0400. The van der Waals surface area contributed by atoms with Crippen LogP contribution in [-0.2, 0) is 16.0 Å². The molecule has 2 rings (SSSR count). The van der Waals surface area contributed by atoms with E-state index in [1.165, 1.54) is 36.4 Å². The van der Waals surface area contributed by atoms with Crippen molar-refractivity contribution in [1.82, 2.24) is 5.32 Å². The topological polar surface area (TPSA) is 81.4 Å². The lowest BCUT2D eigenvalue weighted by atomic mass is 9.98. The summed E-state index contributed by atoms with van der Waals surface area (Å²) in [5, 5.41) is 2.56. The van der Waals surface area contributed by atoms with E-state index in [1.54, 1.807) is 12.1 Å². The largest absolute Gasteiger partial charge is 0.484 e. The van der Waals surface area contributed by atoms with Crippen molar-refractivity contribution in [3.05, 3.63) is 65.7 Å². The Hall–Kier alpha value is -2.96. The number of hydrogen-bond donors (Lipinski definition) is 2. The molecular formula is C18H18F2N2O3. The molecule has 0 aliphatic rings. The first-order valence-corrected chi connectivity index (χ1v) is 7.63. The van der Waals surface area contributed by atoms with Crippen molar-refractivity contribution in [3.8, 4) is 5.75 Å². The molecule has 0 saturated carbocycles. The Kier molecular flexibility index (Phi) is 6.45. The smallest absolute Gasteiger partial charge is 0.257 e. The van der Waals surface area contributed by atoms with E-state index in [0.29, 0.717) is 5.75 Å². The number of amides is 2. The van der Waals surface area contributed by atoms with E-state index < -0.39 is 23.5 Å². The Morgan fingerprint density at radius 3 is 2.12 bits per heavy atom. The van der Waals surface area contributed by atoms with Crippen LogP contribution in [0.1, 0.15) is 5.56 Å². The Labute approximate surface area is 143 Å². The maximum atomic E-state index is 12.9. The molecule has 5 nitrogen and oxygen atoms in total. The van der Waals surface area contributed by atoms with Gasteiger partial charge in [-0.3, -0.25) is 9.59 Å². The molecule has 0 aliphatic heterocycles. The van der Waals surface area contributed by atoms with Crippen molar-refractivity contribution < 1.29 is 23.1 Å². The average molecular weight is 348 g/mol. The zero-order valence-corrected chi connectivity index (χ0v) is 13.4. The lowest BCUT2D eigenvalue weighted by molar-refractivity contribution is -0.124. The minimum atomic E-state index is -0.625. The highest BCUT2D eigenvalue weighted by Gasteiger charge is 2.17. The third-order valence-electron chi connectivity index (χ3n) is 3.53. The van der Waals surface area contributed by atoms with E-state index in [-0.39, 0.29) is 25.4 Å². The van der Waals surface area contributed by atoms with Gasteiger partial charge in [0.2, 0.25) is 5.91 Å². The van der Waals surface area contributed by atoms with Gasteiger partial charge in [0.1, 0.15) is 17.4 Å². The van der Waals surface area contributed by atoms with Gasteiger partial charge in [-0.15, -0.1) is 0 Å². The number of benzene rings is 2. The van der Waals surface area contributed by atoms with Gasteiger partial charge in [-0.05, 0) is 48.4 Å². The summed E-state index contributed by atoms with van der Waals surface area (Å²) in [5.74, 6) is -2.04. The lowest BCUT2D eigenvalue weighted by Gasteiger charge is -2.15. The van der Waals surface area contributed by atoms with Crippen LogP contribution in [0.2, 0.25) is 0 Å². The third kappa shape index (κ3) is 6.21. The summed E-state index contributed by atoms with van der Waals surface area (Å²) in [7, 11) is 0. The van der Waals surface area contributed by atoms with Gasteiger partial charge in [0, 0.05) is 6.54 Å². The molecule has 25 heavy (non-hydrogen) atoms. The molecule has 1 atom stereocenters. The summed E-state index contributed by atoms with van der Waals surface area (Å²) >= 11 is 0. The molecule has 1 unspecified atom stereocenters. The number of carbonyl (C=O) groups excluding carboxylic acids is 2. The van der Waals surface area contributed by atoms with Crippen molar-refractivity contribution >= 4 is 11.8 Å². The zero-order chi connectivity index (χ0) is 18.2. The van der Waals surface area contributed by atoms with Crippen molar-refractivity contribution in [2.24, 2.45) is 11.7 Å². The van der Waals surface area contributed by atoms with Crippen LogP contribution in [0.5, 0.6) is 5.75 Å². The molecule has 2 aromatic carbocycles. The Bertz CT molecular complexity index is 718. The van der Waals surface area contributed by atoms with E-state index in [2.05, 4.69) is 5.32 Å². The summed E-state index contributed by atoms with van der Waals surface area (Å²) < 4.78 is 30.9. The monoisotopic (exact) mass is 348 g/mol. The lowest BCUT2D eigenvalue weighted by Crippen LogP contribution is -2.39. The molecule has 0 saturated heterocycles. The molecule has 132 valence electrons. The maximum absolute atomic E-state index is 12.9. The van der Waals surface area contributed by atoms with E-state index in [0.717, 1.165) is 5.56 Å². The van der Waals surface area contributed by atoms with Crippen LogP contribution < -0.4 is 15.8 Å². The van der Waals surface area contributed by atoms with Gasteiger partial charge in [-0.2, -0.15) is 0 Å². The predicted octanol–water partition coefficient (Wildman–Crippen LogP) is 1.80. The normalized spacial score (nSPS) is 11.6. The van der Waals surface area contributed by atoms with Gasteiger partial charge in [0.15, 0.2) is 6.61 Å². The second kappa shape index (κ2) is 8.77. The first-order valence-electron chi connectivity index (χ1n) is 7.63. The van der Waals surface area contributed by atoms with Crippen LogP contribution in [0.25, 0.3) is 0 Å². The second-order valence-corrected chi connectivity index (χ2v) is 5.48. The number of carbonyl (C=O) groups is 2. The SMILES string of the molecule is NC(=O)C(CNC(=O)COc1ccc(F)cc1)Cc1ccc(F)cc1. The van der Waals surface area contributed by atoms with Gasteiger partial charge in [0.25, 0.3) is 5.91 Å². The number of primary amides is 1. The molecule has 7 heteroatoms. The number of halogens is 2. The number of nitrogens with two attached hydrogens (primary N) is 1. The van der Waals surface area contributed by atoms with Gasteiger partial charge >= 0.3 is 0 Å². The van der Waals surface area contributed by atoms with Crippen LogP contribution in [-0.4, -0.2) is 25.0 Å². The first kappa shape index (κ1) is 18.4. The Balaban J connectivity index is 1.81. The number of rotatable bonds is 8. The molecule has 0 aromatic heterocycles. The van der Waals surface area contributed by atoms with Crippen LogP contribution >= 0.6 is 0 Å². The second-order valence-electron chi connectivity index (χ2n) is 5.48. The minimum Gasteiger partial charge on any atom is -0.484 e. The molecule has 0 heterocycles. The van der Waals surface area contributed by atoms with Crippen molar-refractivity contribution in [2.75, 3.05) is 13.2 Å². The Morgan fingerprint density at radius 2 is 1.56 bits per heavy atom. The highest BCUT2D eigenvalue weighted by Crippen LogP contribution is 2.11. The molecule has 0 bridgehead atoms. The van der Waals surface area contributed by atoms with E-state index in [9.17, 15) is 18.4 Å². The fraction of sp³-hybridized carbons (Fsp3) is 0.222. The molecule has 0 spiro atoms. The summed E-state index contributed by atoms with van der Waals surface area (Å²) in [6.45, 7) is -0.230. The summed E-state index contributed by atoms with van der Waals surface area (Å²) in [4.78, 5) is 23.3. The van der Waals surface area contributed by atoms with E-state index in [1.807, 2.05) is 0 Å². The average Bonchev–Trinajstić information content (AvgIpc) is 2.59. The Morgan fingerprint density at radius 1 is 1.00 bits per heavy atom. The van der Waals surface area contributed by atoms with Gasteiger partial charge in [-0.1, -0.05) is 12.1 Å². The standard InChI is InChI=1S/C18H18F2N2O3/c19-14-3-1-12(2-4-14)9-13(18(21)24)10-22-17(23)11-25-16-7-5-15(20)6-8-16/h1-8,13H,9-11H2,(H2,21,24)(H,22,23). The molecule has 0 fully saturated rings. The molecule has 3 N–H and O–H groups in total. The molecule has 2 amide bonds.